The van der Waals surface area contributed by atoms with Crippen molar-refractivity contribution in [3.8, 4) is 67.5 Å². The Hall–Kier alpha value is -7.77. The summed E-state index contributed by atoms with van der Waals surface area (Å²) in [7, 11) is 0. The number of benzene rings is 9. The molecule has 0 radical (unpaired) electrons. The molecule has 6 heteroatoms. The summed E-state index contributed by atoms with van der Waals surface area (Å²) in [4.78, 5) is 15.1. The summed E-state index contributed by atoms with van der Waals surface area (Å²) in [6.07, 6.45) is 0. The molecule has 4 aromatic heterocycles. The van der Waals surface area contributed by atoms with Crippen molar-refractivity contribution in [3.05, 3.63) is 200 Å². The van der Waals surface area contributed by atoms with Crippen molar-refractivity contribution in [2.24, 2.45) is 0 Å². The summed E-state index contributed by atoms with van der Waals surface area (Å²) in [6, 6.07) is 53.1. The fourth-order valence-corrected chi connectivity index (χ4v) is 10.6. The molecular weight excluding hydrogens is 807 g/mol. The first-order chi connectivity index (χ1) is 33.7. The number of hydrogen-bond acceptors (Lipinski definition) is 6. The van der Waals surface area contributed by atoms with Crippen molar-refractivity contribution in [1.29, 1.82) is 0 Å². The molecule has 0 bridgehead atoms. The number of nitrogens with zero attached hydrogens (tertiary/aromatic N) is 3. The third-order valence-corrected chi connectivity index (χ3v) is 13.8. The van der Waals surface area contributed by atoms with Crippen LogP contribution in [0, 0.1) is 0 Å². The molecule has 13 aromatic rings. The molecule has 0 N–H and O–H groups in total. The molecule has 0 aliphatic rings. The zero-order valence-corrected chi connectivity index (χ0v) is 34.8. The largest absolute Gasteiger partial charge is 0.455 e. The lowest BCUT2D eigenvalue weighted by molar-refractivity contribution is 0.670. The van der Waals surface area contributed by atoms with Gasteiger partial charge in [0, 0.05) is 67.8 Å². The summed E-state index contributed by atoms with van der Waals surface area (Å²) in [6.45, 7) is 0. The highest BCUT2D eigenvalue weighted by molar-refractivity contribution is 7.26. The standard InChI is InChI=1S/C57H33N3OS2/c1-3-11-34(12-4-1)35-21-23-37(24-22-35)55-58-56(60-57(59-55)46-19-10-18-45-44-17-9-16-41(53(44)61-54(45)46)36-13-5-2-6-14-36)40-25-28-43-48-32-39(27-30-51(48)63-52(43)33-40)38-26-29-50-47(31-38)42-15-7-8-20-49(42)62-50/h1-33H/i25D,27D,28D,30D,32D,33D. The van der Waals surface area contributed by atoms with Crippen molar-refractivity contribution < 1.29 is 12.6 Å². The van der Waals surface area contributed by atoms with Crippen LogP contribution in [0.1, 0.15) is 8.22 Å². The van der Waals surface area contributed by atoms with Crippen LogP contribution in [-0.2, 0) is 0 Å². The summed E-state index contributed by atoms with van der Waals surface area (Å²) < 4.78 is 66.8. The Morgan fingerprint density at radius 3 is 1.73 bits per heavy atom. The highest BCUT2D eigenvalue weighted by atomic mass is 32.1. The number of thiophene rings is 2. The summed E-state index contributed by atoms with van der Waals surface area (Å²) in [5.41, 5.74) is 7.47. The second-order valence-corrected chi connectivity index (χ2v) is 17.5. The molecule has 0 amide bonds. The molecule has 0 saturated heterocycles. The van der Waals surface area contributed by atoms with E-state index in [4.69, 9.17) is 19.4 Å². The van der Waals surface area contributed by atoms with E-state index in [1.165, 1.54) is 0 Å². The van der Waals surface area contributed by atoms with Gasteiger partial charge in [-0.05, 0) is 70.2 Å². The quantitative estimate of drug-likeness (QED) is 0.167. The van der Waals surface area contributed by atoms with Crippen LogP contribution < -0.4 is 0 Å². The maximum absolute atomic E-state index is 9.81. The van der Waals surface area contributed by atoms with Crippen LogP contribution in [0.25, 0.3) is 130 Å². The predicted molar refractivity (Wildman–Crippen MR) is 265 cm³/mol. The Balaban J connectivity index is 1.02. The molecule has 4 heterocycles. The minimum Gasteiger partial charge on any atom is -0.455 e. The van der Waals surface area contributed by atoms with E-state index in [0.717, 1.165) is 70.1 Å². The third-order valence-electron chi connectivity index (χ3n) is 11.6. The van der Waals surface area contributed by atoms with Crippen LogP contribution in [0.15, 0.2) is 204 Å². The van der Waals surface area contributed by atoms with Crippen molar-refractivity contribution >= 4 is 85.0 Å². The SMILES string of the molecule is [2H]c1c(-c2ccc3sc4ccccc4c3c2)c([2H])c2c(sc3c([2H])c(-c4nc(-c5ccc(-c6ccccc6)cc5)nc(-c5cccc6c5oc5c(-c7ccccc7)cccc56)n4)c([2H])c([2H])c32)c1[2H]. The first-order valence-electron chi connectivity index (χ1n) is 23.5. The Labute approximate surface area is 378 Å². The second-order valence-electron chi connectivity index (χ2n) is 15.4. The molecule has 0 saturated carbocycles. The second kappa shape index (κ2) is 14.4. The van der Waals surface area contributed by atoms with E-state index in [2.05, 4.69) is 24.3 Å². The van der Waals surface area contributed by atoms with Gasteiger partial charge in [0.25, 0.3) is 0 Å². The highest BCUT2D eigenvalue weighted by Gasteiger charge is 2.20. The molecule has 0 spiro atoms. The van der Waals surface area contributed by atoms with Crippen LogP contribution in [0.2, 0.25) is 0 Å². The van der Waals surface area contributed by atoms with Gasteiger partial charge in [0.2, 0.25) is 0 Å². The van der Waals surface area contributed by atoms with Gasteiger partial charge in [-0.15, -0.1) is 22.7 Å². The van der Waals surface area contributed by atoms with E-state index < -0.39 is 0 Å². The fourth-order valence-electron chi connectivity index (χ4n) is 8.55. The third kappa shape index (κ3) is 6.06. The number of aromatic nitrogens is 3. The first kappa shape index (κ1) is 30.3. The number of furan rings is 1. The molecule has 0 atom stereocenters. The van der Waals surface area contributed by atoms with Gasteiger partial charge >= 0.3 is 0 Å². The van der Waals surface area contributed by atoms with Gasteiger partial charge in [-0.2, -0.15) is 0 Å². The van der Waals surface area contributed by atoms with E-state index in [0.29, 0.717) is 37.5 Å². The van der Waals surface area contributed by atoms with Crippen molar-refractivity contribution in [1.82, 2.24) is 15.0 Å². The van der Waals surface area contributed by atoms with Gasteiger partial charge in [-0.25, -0.2) is 15.0 Å². The zero-order chi connectivity index (χ0) is 46.7. The van der Waals surface area contributed by atoms with E-state index >= 15 is 0 Å². The lowest BCUT2D eigenvalue weighted by Gasteiger charge is -2.10. The molecule has 0 aliphatic heterocycles. The molecule has 9 aromatic carbocycles. The van der Waals surface area contributed by atoms with E-state index in [9.17, 15) is 8.22 Å². The predicted octanol–water partition coefficient (Wildman–Crippen LogP) is 16.5. The Morgan fingerprint density at radius 1 is 0.333 bits per heavy atom. The molecular formula is C57H33N3OS2. The highest BCUT2D eigenvalue weighted by Crippen LogP contribution is 2.42. The van der Waals surface area contributed by atoms with Gasteiger partial charge in [-0.3, -0.25) is 0 Å². The van der Waals surface area contributed by atoms with Crippen LogP contribution >= 0.6 is 22.7 Å². The van der Waals surface area contributed by atoms with E-state index in [1.54, 1.807) is 11.3 Å². The molecule has 0 fully saturated rings. The van der Waals surface area contributed by atoms with E-state index in [1.807, 2.05) is 140 Å². The minimum atomic E-state index is -0.294. The number of para-hydroxylation sites is 2. The van der Waals surface area contributed by atoms with Gasteiger partial charge in [0.15, 0.2) is 17.5 Å². The van der Waals surface area contributed by atoms with Crippen molar-refractivity contribution in [2.75, 3.05) is 0 Å². The molecule has 0 aliphatic carbocycles. The lowest BCUT2D eigenvalue weighted by Crippen LogP contribution is -2.00. The van der Waals surface area contributed by atoms with Gasteiger partial charge < -0.3 is 4.42 Å². The smallest absolute Gasteiger partial charge is 0.167 e. The lowest BCUT2D eigenvalue weighted by atomic mass is 10.0. The van der Waals surface area contributed by atoms with Crippen LogP contribution in [0.3, 0.4) is 0 Å². The minimum absolute atomic E-state index is 0.0192. The monoisotopic (exact) mass is 845 g/mol. The molecule has 4 nitrogen and oxygen atoms in total. The van der Waals surface area contributed by atoms with Crippen LogP contribution in [-0.4, -0.2) is 15.0 Å². The summed E-state index contributed by atoms with van der Waals surface area (Å²) in [5.74, 6) is 0.587. The van der Waals surface area contributed by atoms with Gasteiger partial charge in [0.1, 0.15) is 11.2 Å². The maximum atomic E-state index is 9.81. The zero-order valence-electron chi connectivity index (χ0n) is 39.2. The Kier molecular flexibility index (Phi) is 6.93. The van der Waals surface area contributed by atoms with Gasteiger partial charge in [-0.1, -0.05) is 158 Å². The van der Waals surface area contributed by atoms with Gasteiger partial charge in [0.05, 0.1) is 13.8 Å². The molecule has 0 unspecified atom stereocenters. The first-order valence-corrected chi connectivity index (χ1v) is 22.1. The molecule has 63 heavy (non-hydrogen) atoms. The van der Waals surface area contributed by atoms with Crippen LogP contribution in [0.4, 0.5) is 0 Å². The summed E-state index contributed by atoms with van der Waals surface area (Å²) >= 11 is 2.76. The molecule has 294 valence electrons. The average molecular weight is 846 g/mol. The fraction of sp³-hybridized carbons (Fsp3) is 0. The number of fused-ring (bicyclic) bond motifs is 9. The van der Waals surface area contributed by atoms with E-state index in [-0.39, 0.29) is 69.8 Å². The molecule has 13 rings (SSSR count). The van der Waals surface area contributed by atoms with Crippen molar-refractivity contribution in [2.45, 2.75) is 0 Å². The number of rotatable bonds is 6. The normalized spacial score (nSPS) is 13.1. The average Bonchev–Trinajstić information content (AvgIpc) is 4.11. The maximum Gasteiger partial charge on any atom is 0.167 e. The topological polar surface area (TPSA) is 51.8 Å². The van der Waals surface area contributed by atoms with Crippen molar-refractivity contribution in [3.63, 3.8) is 0 Å². The summed E-state index contributed by atoms with van der Waals surface area (Å²) in [5, 5.41) is 4.37. The Morgan fingerprint density at radius 2 is 0.921 bits per heavy atom. The number of hydrogen-bond donors (Lipinski definition) is 0. The van der Waals surface area contributed by atoms with Crippen LogP contribution in [0.5, 0.6) is 0 Å². The Bertz CT molecular complexity index is 4270.